The Bertz CT molecular complexity index is 550. The minimum atomic E-state index is 0. The van der Waals surface area contributed by atoms with Gasteiger partial charge in [-0.3, -0.25) is 0 Å². The molecule has 0 aromatic heterocycles. The van der Waals surface area contributed by atoms with Crippen LogP contribution < -0.4 is 5.73 Å². The Kier molecular flexibility index (Phi) is 4.75. The molecule has 0 atom stereocenters. The molecule has 0 unspecified atom stereocenters. The molecule has 0 aliphatic heterocycles. The first-order valence-electron chi connectivity index (χ1n) is 5.36. The average molecular weight is 263 g/mol. The van der Waals surface area contributed by atoms with Crippen molar-refractivity contribution >= 4 is 18.2 Å². The first-order chi connectivity index (χ1) is 8.22. The van der Waals surface area contributed by atoms with Gasteiger partial charge in [0, 0.05) is 5.56 Å². The van der Waals surface area contributed by atoms with E-state index < -0.39 is 0 Å². The molecule has 0 amide bonds. The molecular formula is C14H15ClN2O. The lowest BCUT2D eigenvalue weighted by Gasteiger charge is -2.08. The molecule has 0 radical (unpaired) electrons. The van der Waals surface area contributed by atoms with Crippen molar-refractivity contribution in [3.05, 3.63) is 59.7 Å². The molecule has 2 aromatic carbocycles. The van der Waals surface area contributed by atoms with Crippen LogP contribution in [0.2, 0.25) is 0 Å². The molecular weight excluding hydrogens is 248 g/mol. The van der Waals surface area contributed by atoms with Gasteiger partial charge in [-0.2, -0.15) is 0 Å². The molecule has 2 rings (SSSR count). The van der Waals surface area contributed by atoms with Gasteiger partial charge in [-0.15, -0.1) is 12.4 Å². The third kappa shape index (κ3) is 2.81. The quantitative estimate of drug-likeness (QED) is 0.378. The fourth-order valence-corrected chi connectivity index (χ4v) is 1.75. The molecule has 0 aliphatic rings. The Morgan fingerprint density at radius 1 is 1.06 bits per heavy atom. The van der Waals surface area contributed by atoms with Gasteiger partial charge >= 0.3 is 0 Å². The molecule has 0 fully saturated rings. The van der Waals surface area contributed by atoms with Gasteiger partial charge in [0.1, 0.15) is 0 Å². The molecule has 0 bridgehead atoms. The lowest BCUT2D eigenvalue weighted by molar-refractivity contribution is 0.318. The smallest absolute Gasteiger partial charge is 0.170 e. The van der Waals surface area contributed by atoms with Crippen molar-refractivity contribution in [2.24, 2.45) is 10.9 Å². The van der Waals surface area contributed by atoms with Gasteiger partial charge in [0.2, 0.25) is 0 Å². The number of oxime groups is 1. The van der Waals surface area contributed by atoms with Crippen molar-refractivity contribution in [2.45, 2.75) is 6.92 Å². The van der Waals surface area contributed by atoms with Gasteiger partial charge < -0.3 is 10.9 Å². The maximum Gasteiger partial charge on any atom is 0.170 e. The molecule has 4 heteroatoms. The van der Waals surface area contributed by atoms with Crippen LogP contribution in [0.3, 0.4) is 0 Å². The summed E-state index contributed by atoms with van der Waals surface area (Å²) in [4.78, 5) is 0. The molecule has 0 aliphatic carbocycles. The fourth-order valence-electron chi connectivity index (χ4n) is 1.75. The second-order valence-corrected chi connectivity index (χ2v) is 3.90. The number of nitrogens with two attached hydrogens (primary N) is 1. The number of hydrogen-bond donors (Lipinski definition) is 2. The van der Waals surface area contributed by atoms with Crippen molar-refractivity contribution in [1.29, 1.82) is 0 Å². The van der Waals surface area contributed by atoms with Crippen molar-refractivity contribution < 1.29 is 5.21 Å². The van der Waals surface area contributed by atoms with Gasteiger partial charge in [-0.05, 0) is 18.1 Å². The molecule has 0 heterocycles. The molecule has 0 saturated carbocycles. The Balaban J connectivity index is 0.00000162. The number of hydrogen-bond acceptors (Lipinski definition) is 2. The molecule has 2 aromatic rings. The SMILES string of the molecule is Cc1ccc(-c2ccccc2C(N)=NO)cc1.Cl. The molecule has 3 N–H and O–H groups in total. The summed E-state index contributed by atoms with van der Waals surface area (Å²) in [5, 5.41) is 11.8. The van der Waals surface area contributed by atoms with Crippen LogP contribution >= 0.6 is 12.4 Å². The minimum absolute atomic E-state index is 0. The van der Waals surface area contributed by atoms with E-state index in [1.165, 1.54) is 5.56 Å². The lowest BCUT2D eigenvalue weighted by atomic mass is 9.98. The number of benzene rings is 2. The minimum Gasteiger partial charge on any atom is -0.409 e. The second kappa shape index (κ2) is 6.07. The Morgan fingerprint density at radius 3 is 2.28 bits per heavy atom. The van der Waals surface area contributed by atoms with E-state index in [4.69, 9.17) is 10.9 Å². The summed E-state index contributed by atoms with van der Waals surface area (Å²) in [7, 11) is 0. The largest absolute Gasteiger partial charge is 0.409 e. The Morgan fingerprint density at radius 2 is 1.67 bits per heavy atom. The topological polar surface area (TPSA) is 58.6 Å². The van der Waals surface area contributed by atoms with E-state index in [1.807, 2.05) is 55.5 Å². The summed E-state index contributed by atoms with van der Waals surface area (Å²) < 4.78 is 0. The zero-order valence-electron chi connectivity index (χ0n) is 10.00. The summed E-state index contributed by atoms with van der Waals surface area (Å²) >= 11 is 0. The lowest BCUT2D eigenvalue weighted by Crippen LogP contribution is -2.14. The van der Waals surface area contributed by atoms with E-state index in [2.05, 4.69) is 5.16 Å². The van der Waals surface area contributed by atoms with Gasteiger partial charge in [0.25, 0.3) is 0 Å². The summed E-state index contributed by atoms with van der Waals surface area (Å²) in [6, 6.07) is 15.7. The third-order valence-electron chi connectivity index (χ3n) is 2.67. The third-order valence-corrected chi connectivity index (χ3v) is 2.67. The first-order valence-corrected chi connectivity index (χ1v) is 5.36. The first kappa shape index (κ1) is 14.1. The average Bonchev–Trinajstić information content (AvgIpc) is 2.39. The summed E-state index contributed by atoms with van der Waals surface area (Å²) in [5.41, 5.74) is 9.62. The van der Waals surface area contributed by atoms with E-state index in [-0.39, 0.29) is 18.2 Å². The van der Waals surface area contributed by atoms with Crippen LogP contribution in [-0.2, 0) is 0 Å². The van der Waals surface area contributed by atoms with Crippen LogP contribution in [0.15, 0.2) is 53.7 Å². The van der Waals surface area contributed by atoms with Crippen LogP contribution in [0.1, 0.15) is 11.1 Å². The van der Waals surface area contributed by atoms with Gasteiger partial charge in [0.05, 0.1) is 0 Å². The van der Waals surface area contributed by atoms with Crippen LogP contribution in [0.25, 0.3) is 11.1 Å². The van der Waals surface area contributed by atoms with Crippen LogP contribution in [-0.4, -0.2) is 11.0 Å². The highest BCUT2D eigenvalue weighted by Crippen LogP contribution is 2.23. The van der Waals surface area contributed by atoms with Crippen molar-refractivity contribution in [3.8, 4) is 11.1 Å². The van der Waals surface area contributed by atoms with Gasteiger partial charge in [-0.25, -0.2) is 0 Å². The van der Waals surface area contributed by atoms with Gasteiger partial charge in [0.15, 0.2) is 5.84 Å². The Hall–Kier alpha value is -2.00. The van der Waals surface area contributed by atoms with Gasteiger partial charge in [-0.1, -0.05) is 59.3 Å². The molecule has 0 spiro atoms. The predicted octanol–water partition coefficient (Wildman–Crippen LogP) is 3.18. The fraction of sp³-hybridized carbons (Fsp3) is 0.0714. The standard InChI is InChI=1S/C14H14N2O.ClH/c1-10-6-8-11(9-7-10)12-4-2-3-5-13(12)14(15)16-17;/h2-9,17H,1H3,(H2,15,16);1H. The number of amidine groups is 1. The van der Waals surface area contributed by atoms with E-state index in [1.54, 1.807) is 0 Å². The maximum absolute atomic E-state index is 8.77. The number of halogens is 1. The van der Waals surface area contributed by atoms with E-state index >= 15 is 0 Å². The summed E-state index contributed by atoms with van der Waals surface area (Å²) in [6.45, 7) is 2.04. The molecule has 18 heavy (non-hydrogen) atoms. The Labute approximate surface area is 112 Å². The van der Waals surface area contributed by atoms with E-state index in [0.717, 1.165) is 16.7 Å². The highest BCUT2D eigenvalue weighted by Gasteiger charge is 2.07. The number of aryl methyl sites for hydroxylation is 1. The second-order valence-electron chi connectivity index (χ2n) is 3.90. The van der Waals surface area contributed by atoms with Crippen molar-refractivity contribution in [1.82, 2.24) is 0 Å². The van der Waals surface area contributed by atoms with Crippen LogP contribution in [0, 0.1) is 6.92 Å². The van der Waals surface area contributed by atoms with E-state index in [9.17, 15) is 0 Å². The molecule has 94 valence electrons. The highest BCUT2D eigenvalue weighted by atomic mass is 35.5. The predicted molar refractivity (Wildman–Crippen MR) is 76.4 cm³/mol. The maximum atomic E-state index is 8.77. The number of nitrogens with zero attached hydrogens (tertiary/aromatic N) is 1. The van der Waals surface area contributed by atoms with E-state index in [0.29, 0.717) is 0 Å². The molecule has 3 nitrogen and oxygen atoms in total. The van der Waals surface area contributed by atoms with Crippen molar-refractivity contribution in [3.63, 3.8) is 0 Å². The summed E-state index contributed by atoms with van der Waals surface area (Å²) in [5.74, 6) is 0.126. The van der Waals surface area contributed by atoms with Crippen LogP contribution in [0.4, 0.5) is 0 Å². The highest BCUT2D eigenvalue weighted by molar-refractivity contribution is 6.03. The normalized spacial score (nSPS) is 10.8. The van der Waals surface area contributed by atoms with Crippen molar-refractivity contribution in [2.75, 3.05) is 0 Å². The zero-order chi connectivity index (χ0) is 12.3. The van der Waals surface area contributed by atoms with Crippen LogP contribution in [0.5, 0.6) is 0 Å². The summed E-state index contributed by atoms with van der Waals surface area (Å²) in [6.07, 6.45) is 0. The molecule has 0 saturated heterocycles. The monoisotopic (exact) mass is 262 g/mol. The zero-order valence-corrected chi connectivity index (χ0v) is 10.8. The number of rotatable bonds is 2.